The van der Waals surface area contributed by atoms with E-state index in [1.807, 2.05) is 0 Å². The van der Waals surface area contributed by atoms with Crippen molar-refractivity contribution in [3.63, 3.8) is 0 Å². The summed E-state index contributed by atoms with van der Waals surface area (Å²) in [6.45, 7) is 4.40. The summed E-state index contributed by atoms with van der Waals surface area (Å²) in [5.74, 6) is 0.917. The molecule has 0 saturated heterocycles. The van der Waals surface area contributed by atoms with Gasteiger partial charge in [-0.05, 0) is 49.9 Å². The molecule has 4 rings (SSSR count). The lowest BCUT2D eigenvalue weighted by molar-refractivity contribution is -0.158. The number of hydrogen-bond donors (Lipinski definition) is 0. The highest BCUT2D eigenvalue weighted by atomic mass is 16.2. The average Bonchev–Trinajstić information content (AvgIpc) is 2.99. The van der Waals surface area contributed by atoms with Crippen LogP contribution in [0.25, 0.3) is 0 Å². The first kappa shape index (κ1) is 17.5. The average molecular weight is 346 g/mol. The highest BCUT2D eigenvalue weighted by Crippen LogP contribution is 2.64. The maximum Gasteiger partial charge on any atom is 0.237 e. The number of ketones is 1. The molecule has 1 amide bonds. The van der Waals surface area contributed by atoms with Crippen molar-refractivity contribution in [2.24, 2.45) is 16.7 Å². The lowest BCUT2D eigenvalue weighted by Gasteiger charge is -2.47. The zero-order valence-electron chi connectivity index (χ0n) is 16.2. The van der Waals surface area contributed by atoms with Crippen LogP contribution in [0.3, 0.4) is 0 Å². The highest BCUT2D eigenvalue weighted by Gasteiger charge is 2.69. The fourth-order valence-corrected chi connectivity index (χ4v) is 6.75. The minimum Gasteiger partial charge on any atom is -0.336 e. The van der Waals surface area contributed by atoms with Crippen LogP contribution in [0.15, 0.2) is 0 Å². The van der Waals surface area contributed by atoms with Gasteiger partial charge in [0.1, 0.15) is 11.2 Å². The van der Waals surface area contributed by atoms with E-state index < -0.39 is 5.41 Å². The van der Waals surface area contributed by atoms with Crippen LogP contribution in [0.4, 0.5) is 0 Å². The number of carbonyl (C=O) groups is 2. The van der Waals surface area contributed by atoms with Gasteiger partial charge in [0.2, 0.25) is 5.91 Å². The van der Waals surface area contributed by atoms with Crippen molar-refractivity contribution in [1.29, 1.82) is 0 Å². The Kier molecular flexibility index (Phi) is 4.48. The summed E-state index contributed by atoms with van der Waals surface area (Å²) in [6.07, 6.45) is 14.7. The molecule has 0 aromatic rings. The molecule has 2 atom stereocenters. The predicted molar refractivity (Wildman–Crippen MR) is 99.2 cm³/mol. The smallest absolute Gasteiger partial charge is 0.237 e. The topological polar surface area (TPSA) is 37.4 Å². The number of nitrogens with zero attached hydrogens (tertiary/aromatic N) is 1. The Hall–Kier alpha value is -0.860. The van der Waals surface area contributed by atoms with Crippen LogP contribution in [0.1, 0.15) is 97.3 Å². The van der Waals surface area contributed by atoms with E-state index in [2.05, 4.69) is 18.7 Å². The van der Waals surface area contributed by atoms with Gasteiger partial charge in [-0.25, -0.2) is 0 Å². The van der Waals surface area contributed by atoms with Crippen LogP contribution in [-0.2, 0) is 9.59 Å². The van der Waals surface area contributed by atoms with Crippen molar-refractivity contribution in [2.75, 3.05) is 0 Å². The summed E-state index contributed by atoms with van der Waals surface area (Å²) in [4.78, 5) is 29.4. The molecule has 0 unspecified atom stereocenters. The number of carbonyl (C=O) groups excluding carboxylic acids is 2. The molecule has 0 spiro atoms. The van der Waals surface area contributed by atoms with Crippen molar-refractivity contribution in [1.82, 2.24) is 4.90 Å². The van der Waals surface area contributed by atoms with Gasteiger partial charge in [0.15, 0.2) is 0 Å². The highest BCUT2D eigenvalue weighted by molar-refractivity contribution is 6.09. The molecule has 0 aliphatic heterocycles. The summed E-state index contributed by atoms with van der Waals surface area (Å²) in [5.41, 5.74) is -0.852. The SMILES string of the molecule is CC1(C)[C@H]2CC[C@@]1(C(=O)N(C1CCCCC1)C1CCCCC1)C(=O)C2. The maximum atomic E-state index is 14.1. The molecule has 0 N–H and O–H groups in total. The number of Topliss-reactive ketones (excluding diaryl/α,β-unsaturated/α-hetero) is 1. The molecule has 140 valence electrons. The molecular weight excluding hydrogens is 310 g/mol. The maximum absolute atomic E-state index is 14.1. The molecule has 0 aromatic carbocycles. The van der Waals surface area contributed by atoms with Gasteiger partial charge >= 0.3 is 0 Å². The third-order valence-electron chi connectivity index (χ3n) is 8.43. The minimum atomic E-state index is -0.702. The van der Waals surface area contributed by atoms with Crippen LogP contribution >= 0.6 is 0 Å². The molecule has 0 aromatic heterocycles. The number of hydrogen-bond acceptors (Lipinski definition) is 2. The summed E-state index contributed by atoms with van der Waals surface area (Å²) in [7, 11) is 0. The second-order valence-electron chi connectivity index (χ2n) is 9.79. The van der Waals surface area contributed by atoms with Crippen molar-refractivity contribution < 1.29 is 9.59 Å². The summed E-state index contributed by atoms with van der Waals surface area (Å²) in [6, 6.07) is 0.781. The van der Waals surface area contributed by atoms with Crippen LogP contribution in [-0.4, -0.2) is 28.7 Å². The van der Waals surface area contributed by atoms with E-state index in [0.29, 0.717) is 24.4 Å². The van der Waals surface area contributed by atoms with E-state index in [9.17, 15) is 9.59 Å². The lowest BCUT2D eigenvalue weighted by atomic mass is 9.67. The zero-order chi connectivity index (χ0) is 17.7. The van der Waals surface area contributed by atoms with E-state index in [1.54, 1.807) is 0 Å². The fraction of sp³-hybridized carbons (Fsp3) is 0.909. The molecule has 0 radical (unpaired) electrons. The fourth-order valence-electron chi connectivity index (χ4n) is 6.75. The van der Waals surface area contributed by atoms with Crippen molar-refractivity contribution in [3.05, 3.63) is 0 Å². The first-order valence-corrected chi connectivity index (χ1v) is 10.8. The molecule has 4 aliphatic rings. The second kappa shape index (κ2) is 6.39. The van der Waals surface area contributed by atoms with E-state index in [4.69, 9.17) is 0 Å². The van der Waals surface area contributed by atoms with Crippen LogP contribution in [0.5, 0.6) is 0 Å². The predicted octanol–water partition coefficient (Wildman–Crippen LogP) is 4.88. The summed E-state index contributed by atoms with van der Waals surface area (Å²) < 4.78 is 0. The minimum absolute atomic E-state index is 0.150. The zero-order valence-corrected chi connectivity index (χ0v) is 16.2. The Labute approximate surface area is 152 Å². The van der Waals surface area contributed by atoms with Gasteiger partial charge in [0.05, 0.1) is 0 Å². The van der Waals surface area contributed by atoms with Crippen LogP contribution in [0, 0.1) is 16.7 Å². The first-order valence-electron chi connectivity index (χ1n) is 10.8. The molecular formula is C22H35NO2. The van der Waals surface area contributed by atoms with Crippen molar-refractivity contribution >= 4 is 11.7 Å². The van der Waals surface area contributed by atoms with E-state index in [1.165, 1.54) is 38.5 Å². The molecule has 0 heterocycles. The molecule has 2 bridgehead atoms. The van der Waals surface area contributed by atoms with Crippen LogP contribution in [0.2, 0.25) is 0 Å². The third-order valence-corrected chi connectivity index (χ3v) is 8.43. The molecule has 3 nitrogen and oxygen atoms in total. The normalized spacial score (nSPS) is 35.9. The Morgan fingerprint density at radius 1 is 0.880 bits per heavy atom. The number of rotatable bonds is 3. The summed E-state index contributed by atoms with van der Waals surface area (Å²) in [5, 5.41) is 0. The Morgan fingerprint density at radius 3 is 1.80 bits per heavy atom. The number of fused-ring (bicyclic) bond motifs is 2. The molecule has 3 heteroatoms. The largest absolute Gasteiger partial charge is 0.336 e. The van der Waals surface area contributed by atoms with Crippen molar-refractivity contribution in [3.8, 4) is 0 Å². The molecule has 4 aliphatic carbocycles. The van der Waals surface area contributed by atoms with Gasteiger partial charge in [-0.3, -0.25) is 9.59 Å². The Balaban J connectivity index is 1.68. The van der Waals surface area contributed by atoms with Gasteiger partial charge < -0.3 is 4.90 Å². The van der Waals surface area contributed by atoms with Gasteiger partial charge in [-0.15, -0.1) is 0 Å². The molecule has 4 fully saturated rings. The number of amides is 1. The van der Waals surface area contributed by atoms with E-state index >= 15 is 0 Å². The van der Waals surface area contributed by atoms with E-state index in [0.717, 1.165) is 38.5 Å². The van der Waals surface area contributed by atoms with Gasteiger partial charge in [-0.2, -0.15) is 0 Å². The second-order valence-corrected chi connectivity index (χ2v) is 9.79. The quantitative estimate of drug-likeness (QED) is 0.684. The first-order chi connectivity index (χ1) is 12.0. The van der Waals surface area contributed by atoms with E-state index in [-0.39, 0.29) is 17.1 Å². The van der Waals surface area contributed by atoms with Crippen LogP contribution < -0.4 is 0 Å². The van der Waals surface area contributed by atoms with Crippen molar-refractivity contribution in [2.45, 2.75) is 109 Å². The monoisotopic (exact) mass is 345 g/mol. The van der Waals surface area contributed by atoms with Gasteiger partial charge in [-0.1, -0.05) is 52.4 Å². The molecule has 4 saturated carbocycles. The Bertz CT molecular complexity index is 524. The van der Waals surface area contributed by atoms with Gasteiger partial charge in [0.25, 0.3) is 0 Å². The summed E-state index contributed by atoms with van der Waals surface area (Å²) >= 11 is 0. The third kappa shape index (κ3) is 2.51. The lowest BCUT2D eigenvalue weighted by Crippen LogP contribution is -2.58. The molecule has 25 heavy (non-hydrogen) atoms. The standard InChI is InChI=1S/C22H35NO2/c1-21(2)16-13-14-22(21,19(24)15-16)20(25)23(17-9-5-3-6-10-17)18-11-7-4-8-12-18/h16-18H,3-15H2,1-2H3/t16-,22-/m0/s1. The Morgan fingerprint density at radius 2 is 1.40 bits per heavy atom. The van der Waals surface area contributed by atoms with Gasteiger partial charge in [0, 0.05) is 18.5 Å².